The van der Waals surface area contributed by atoms with Crippen LogP contribution in [0, 0.1) is 0 Å². The van der Waals surface area contributed by atoms with Gasteiger partial charge < -0.3 is 14.2 Å². The van der Waals surface area contributed by atoms with Gasteiger partial charge in [0.2, 0.25) is 0 Å². The van der Waals surface area contributed by atoms with Gasteiger partial charge in [-0.25, -0.2) is 0 Å². The Kier molecular flexibility index (Phi) is 6.71. The highest BCUT2D eigenvalue weighted by atomic mass is 35.5. The molecule has 1 aromatic heterocycles. The molecule has 0 radical (unpaired) electrons. The Morgan fingerprint density at radius 3 is 2.74 bits per heavy atom. The molecule has 1 saturated heterocycles. The van der Waals surface area contributed by atoms with Crippen LogP contribution in [0.1, 0.15) is 30.4 Å². The van der Waals surface area contributed by atoms with Gasteiger partial charge in [-0.2, -0.15) is 8.78 Å². The summed E-state index contributed by atoms with van der Waals surface area (Å²) in [5.74, 6) is -0.131. The van der Waals surface area contributed by atoms with Gasteiger partial charge in [0.25, 0.3) is 5.91 Å². The molecule has 2 aromatic rings. The minimum Gasteiger partial charge on any atom is -0.472 e. The van der Waals surface area contributed by atoms with E-state index in [1.165, 1.54) is 29.7 Å². The summed E-state index contributed by atoms with van der Waals surface area (Å²) in [4.78, 5) is 16.2. The number of nitrogens with two attached hydrogens (primary N) is 1. The maximum atomic E-state index is 14.2. The van der Waals surface area contributed by atoms with Crippen LogP contribution in [0.3, 0.4) is 0 Å². The number of halogens is 4. The van der Waals surface area contributed by atoms with E-state index in [1.807, 2.05) is 18.2 Å². The quantitative estimate of drug-likeness (QED) is 0.395. The van der Waals surface area contributed by atoms with Gasteiger partial charge in [0.05, 0.1) is 18.1 Å². The van der Waals surface area contributed by atoms with Gasteiger partial charge in [-0.05, 0) is 43.2 Å². The average Bonchev–Trinajstić information content (AvgIpc) is 3.49. The third-order valence-corrected chi connectivity index (χ3v) is 6.72. The van der Waals surface area contributed by atoms with Crippen molar-refractivity contribution in [1.29, 1.82) is 0 Å². The molecule has 4 rings (SSSR count). The monoisotopic (exact) mass is 505 g/mol. The summed E-state index contributed by atoms with van der Waals surface area (Å²) in [5, 5.41) is 0.614. The van der Waals surface area contributed by atoms with Gasteiger partial charge in [0.1, 0.15) is 5.16 Å². The fourth-order valence-corrected chi connectivity index (χ4v) is 4.59. The fourth-order valence-electron chi connectivity index (χ4n) is 4.16. The van der Waals surface area contributed by atoms with Gasteiger partial charge in [-0.3, -0.25) is 10.5 Å². The van der Waals surface area contributed by atoms with E-state index in [2.05, 4.69) is 6.58 Å². The van der Waals surface area contributed by atoms with Crippen LogP contribution in [-0.4, -0.2) is 34.8 Å². The number of hydrogen-bond acceptors (Lipinski definition) is 4. The number of nitrogens with zero attached hydrogens (tertiary/aromatic N) is 2. The van der Waals surface area contributed by atoms with Crippen molar-refractivity contribution in [3.63, 3.8) is 0 Å². The Balaban J connectivity index is 1.61. The van der Waals surface area contributed by atoms with Gasteiger partial charge >= 0.3 is 6.05 Å². The number of carbonyl (C=O) groups excluding carboxylic acids is 1. The van der Waals surface area contributed by atoms with Gasteiger partial charge in [-0.15, -0.1) is 0 Å². The molecule has 1 unspecified atom stereocenters. The third kappa shape index (κ3) is 4.82. The summed E-state index contributed by atoms with van der Waals surface area (Å²) in [5.41, 5.74) is 6.70. The maximum Gasteiger partial charge on any atom is 0.328 e. The van der Waals surface area contributed by atoms with E-state index >= 15 is 0 Å². The highest BCUT2D eigenvalue weighted by Crippen LogP contribution is 2.39. The van der Waals surface area contributed by atoms with E-state index in [1.54, 1.807) is 24.0 Å². The number of benzene rings is 1. The summed E-state index contributed by atoms with van der Waals surface area (Å²) >= 11 is 12.7. The van der Waals surface area contributed by atoms with Crippen LogP contribution < -0.4 is 5.73 Å². The first kappa shape index (κ1) is 24.3. The van der Waals surface area contributed by atoms with Crippen LogP contribution in [0.2, 0.25) is 5.02 Å². The minimum absolute atomic E-state index is 0.0305. The topological polar surface area (TPSA) is 62.7 Å². The van der Waals surface area contributed by atoms with Crippen molar-refractivity contribution >= 4 is 34.7 Å². The summed E-state index contributed by atoms with van der Waals surface area (Å²) < 4.78 is 33.4. The SMILES string of the molecule is C=C1C(C(N)(F)F)=CC(c2ccoc2)=CN1/C(Cl)=C(\C)C(=O)N1CCC(c2cccc(Cl)c2)C1. The number of alkyl halides is 2. The first-order chi connectivity index (χ1) is 16.1. The molecule has 2 N–H and O–H groups in total. The molecule has 34 heavy (non-hydrogen) atoms. The zero-order chi connectivity index (χ0) is 24.6. The van der Waals surface area contributed by atoms with Crippen LogP contribution in [0.15, 0.2) is 88.1 Å². The molecule has 0 bridgehead atoms. The predicted octanol–water partition coefficient (Wildman–Crippen LogP) is 6.07. The Morgan fingerprint density at radius 2 is 2.09 bits per heavy atom. The van der Waals surface area contributed by atoms with Crippen molar-refractivity contribution in [3.8, 4) is 0 Å². The molecule has 5 nitrogen and oxygen atoms in total. The highest BCUT2D eigenvalue weighted by molar-refractivity contribution is 6.31. The zero-order valence-corrected chi connectivity index (χ0v) is 19.9. The van der Waals surface area contributed by atoms with Crippen LogP contribution in [0.4, 0.5) is 8.78 Å². The molecule has 1 amide bonds. The second kappa shape index (κ2) is 9.41. The lowest BCUT2D eigenvalue weighted by atomic mass is 9.99. The van der Waals surface area contributed by atoms with E-state index in [-0.39, 0.29) is 28.3 Å². The van der Waals surface area contributed by atoms with Gasteiger partial charge in [0, 0.05) is 52.6 Å². The molecule has 0 spiro atoms. The Morgan fingerprint density at radius 1 is 1.32 bits per heavy atom. The van der Waals surface area contributed by atoms with Crippen molar-refractivity contribution in [3.05, 3.63) is 99.9 Å². The smallest absolute Gasteiger partial charge is 0.328 e. The summed E-state index contributed by atoms with van der Waals surface area (Å²) in [7, 11) is 0. The molecule has 1 aromatic carbocycles. The molecule has 2 aliphatic rings. The lowest BCUT2D eigenvalue weighted by Gasteiger charge is -2.32. The summed E-state index contributed by atoms with van der Waals surface area (Å²) in [6, 6.07) is 5.54. The molecule has 0 saturated carbocycles. The van der Waals surface area contributed by atoms with Crippen molar-refractivity contribution in [1.82, 2.24) is 9.80 Å². The van der Waals surface area contributed by atoms with E-state index in [0.717, 1.165) is 12.0 Å². The van der Waals surface area contributed by atoms with Crippen LogP contribution in [0.5, 0.6) is 0 Å². The lowest BCUT2D eigenvalue weighted by Crippen LogP contribution is -2.36. The molecular formula is C25H23Cl2F2N3O2. The van der Waals surface area contributed by atoms with E-state index in [0.29, 0.717) is 29.2 Å². The third-order valence-electron chi connectivity index (χ3n) is 6.02. The molecule has 9 heteroatoms. The second-order valence-corrected chi connectivity index (χ2v) is 9.10. The number of rotatable bonds is 5. The molecule has 3 heterocycles. The van der Waals surface area contributed by atoms with Crippen molar-refractivity contribution in [2.75, 3.05) is 13.1 Å². The lowest BCUT2D eigenvalue weighted by molar-refractivity contribution is -0.126. The first-order valence-electron chi connectivity index (χ1n) is 10.6. The normalized spacial score (nSPS) is 19.7. The summed E-state index contributed by atoms with van der Waals surface area (Å²) in [6.07, 6.45) is 6.39. The zero-order valence-electron chi connectivity index (χ0n) is 18.4. The van der Waals surface area contributed by atoms with E-state index in [4.69, 9.17) is 33.4 Å². The van der Waals surface area contributed by atoms with Crippen LogP contribution in [0.25, 0.3) is 5.57 Å². The molecular weight excluding hydrogens is 483 g/mol. The first-order valence-corrected chi connectivity index (χ1v) is 11.3. The van der Waals surface area contributed by atoms with Crippen LogP contribution >= 0.6 is 23.2 Å². The second-order valence-electron chi connectivity index (χ2n) is 8.30. The Bertz CT molecular complexity index is 1210. The number of likely N-dealkylation sites (tertiary alicyclic amines) is 1. The number of hydrogen-bond donors (Lipinski definition) is 1. The molecule has 1 fully saturated rings. The fraction of sp³-hybridized carbons (Fsp3) is 0.240. The minimum atomic E-state index is -3.66. The number of furan rings is 1. The van der Waals surface area contributed by atoms with Crippen molar-refractivity contribution in [2.24, 2.45) is 5.73 Å². The largest absolute Gasteiger partial charge is 0.472 e. The number of amides is 1. The van der Waals surface area contributed by atoms with Crippen LogP contribution in [-0.2, 0) is 4.79 Å². The molecule has 0 aliphatic carbocycles. The maximum absolute atomic E-state index is 14.2. The molecule has 1 atom stereocenters. The standard InChI is InChI=1S/C25H23Cl2F2N3O2/c1-15(24(33)31-8-6-18(12-31)17-4-3-5-21(26)10-17)23(27)32-13-20(19-7-9-34-14-19)11-22(16(32)2)25(28,29)30/h3-5,7,9-11,13-14,18H,2,6,8,12,30H2,1H3/b23-15+. The summed E-state index contributed by atoms with van der Waals surface area (Å²) in [6.45, 7) is 6.36. The molecule has 178 valence electrons. The number of allylic oxidation sites excluding steroid dienone is 2. The van der Waals surface area contributed by atoms with Gasteiger partial charge in [0.15, 0.2) is 0 Å². The highest BCUT2D eigenvalue weighted by Gasteiger charge is 2.37. The van der Waals surface area contributed by atoms with Crippen molar-refractivity contribution in [2.45, 2.75) is 25.3 Å². The average molecular weight is 506 g/mol. The van der Waals surface area contributed by atoms with E-state index in [9.17, 15) is 13.6 Å². The molecule has 2 aliphatic heterocycles. The number of carbonyl (C=O) groups is 1. The van der Waals surface area contributed by atoms with Crippen molar-refractivity contribution < 1.29 is 18.0 Å². The van der Waals surface area contributed by atoms with Gasteiger partial charge in [-0.1, -0.05) is 41.9 Å². The van der Waals surface area contributed by atoms with E-state index < -0.39 is 11.6 Å². The Labute approximate surface area is 206 Å². The Hall–Kier alpha value is -2.87. The predicted molar refractivity (Wildman–Crippen MR) is 129 cm³/mol.